The van der Waals surface area contributed by atoms with Crippen molar-refractivity contribution < 1.29 is 9.84 Å². The summed E-state index contributed by atoms with van der Waals surface area (Å²) in [6.07, 6.45) is 3.71. The topological polar surface area (TPSA) is 29.5 Å². The van der Waals surface area contributed by atoms with Crippen molar-refractivity contribution in [2.45, 2.75) is 30.8 Å². The van der Waals surface area contributed by atoms with Crippen LogP contribution in [0.3, 0.4) is 0 Å². The minimum Gasteiger partial charge on any atom is -0.493 e. The number of rotatable bonds is 1. The van der Waals surface area contributed by atoms with E-state index in [1.54, 1.807) is 0 Å². The fourth-order valence-corrected chi connectivity index (χ4v) is 4.03. The molecule has 2 nitrogen and oxygen atoms in total. The fraction of sp³-hybridized carbons (Fsp3) is 0.571. The van der Waals surface area contributed by atoms with Gasteiger partial charge in [-0.1, -0.05) is 24.6 Å². The Bertz CT molecular complexity index is 430. The number of fused-ring (bicyclic) bond motifs is 2. The van der Waals surface area contributed by atoms with Gasteiger partial charge in [-0.15, -0.1) is 0 Å². The minimum absolute atomic E-state index is 0.221. The van der Waals surface area contributed by atoms with E-state index in [1.165, 1.54) is 24.8 Å². The average Bonchev–Trinajstić information content (AvgIpc) is 2.81. The van der Waals surface area contributed by atoms with Gasteiger partial charge in [0.05, 0.1) is 18.1 Å². The van der Waals surface area contributed by atoms with Gasteiger partial charge < -0.3 is 9.84 Å². The lowest BCUT2D eigenvalue weighted by Crippen LogP contribution is -2.27. The molecule has 0 saturated heterocycles. The highest BCUT2D eigenvalue weighted by Crippen LogP contribution is 2.67. The van der Waals surface area contributed by atoms with Crippen LogP contribution in [0.25, 0.3) is 0 Å². The van der Waals surface area contributed by atoms with Crippen LogP contribution < -0.4 is 4.74 Å². The third-order valence-electron chi connectivity index (χ3n) is 4.85. The molecule has 1 aliphatic heterocycles. The molecule has 3 atom stereocenters. The molecule has 16 heavy (non-hydrogen) atoms. The summed E-state index contributed by atoms with van der Waals surface area (Å²) in [6, 6.07) is 8.16. The van der Waals surface area contributed by atoms with E-state index in [1.807, 2.05) is 18.2 Å². The first-order valence-electron chi connectivity index (χ1n) is 6.26. The van der Waals surface area contributed by atoms with Crippen molar-refractivity contribution in [1.29, 1.82) is 0 Å². The van der Waals surface area contributed by atoms with Crippen molar-refractivity contribution in [2.24, 2.45) is 11.8 Å². The van der Waals surface area contributed by atoms with Crippen molar-refractivity contribution in [3.8, 4) is 5.75 Å². The first-order valence-corrected chi connectivity index (χ1v) is 6.26. The maximum atomic E-state index is 10.8. The van der Waals surface area contributed by atoms with Crippen molar-refractivity contribution in [3.63, 3.8) is 0 Å². The second-order valence-corrected chi connectivity index (χ2v) is 5.43. The maximum Gasteiger partial charge on any atom is 0.123 e. The molecule has 4 rings (SSSR count). The van der Waals surface area contributed by atoms with Crippen LogP contribution in [0.4, 0.5) is 0 Å². The van der Waals surface area contributed by atoms with Crippen LogP contribution in [0.1, 0.15) is 30.7 Å². The molecule has 2 saturated carbocycles. The molecule has 0 radical (unpaired) electrons. The minimum atomic E-state index is -0.440. The molecule has 0 amide bonds. The van der Waals surface area contributed by atoms with Crippen molar-refractivity contribution >= 4 is 0 Å². The molecule has 1 N–H and O–H groups in total. The van der Waals surface area contributed by atoms with Crippen LogP contribution in [-0.4, -0.2) is 17.3 Å². The number of benzene rings is 1. The van der Waals surface area contributed by atoms with E-state index in [-0.39, 0.29) is 5.92 Å². The van der Waals surface area contributed by atoms with Gasteiger partial charge in [-0.2, -0.15) is 0 Å². The molecule has 2 fully saturated rings. The zero-order valence-corrected chi connectivity index (χ0v) is 9.23. The molecule has 3 aliphatic rings. The Morgan fingerprint density at radius 3 is 2.75 bits per heavy atom. The Hall–Kier alpha value is -1.02. The van der Waals surface area contributed by atoms with Gasteiger partial charge in [-0.05, 0) is 30.7 Å². The first kappa shape index (κ1) is 9.06. The Balaban J connectivity index is 1.72. The molecule has 3 unspecified atom stereocenters. The van der Waals surface area contributed by atoms with Crippen LogP contribution in [-0.2, 0) is 0 Å². The predicted molar refractivity (Wildman–Crippen MR) is 60.5 cm³/mol. The van der Waals surface area contributed by atoms with E-state index >= 15 is 0 Å². The summed E-state index contributed by atoms with van der Waals surface area (Å²) >= 11 is 0. The molecule has 1 aromatic carbocycles. The van der Waals surface area contributed by atoms with Gasteiger partial charge in [0, 0.05) is 5.56 Å². The quantitative estimate of drug-likeness (QED) is 0.780. The molecular weight excluding hydrogens is 200 g/mol. The molecular formula is C14H16O2. The summed E-state index contributed by atoms with van der Waals surface area (Å²) in [6.45, 7) is 0.669. The normalized spacial score (nSPS) is 43.7. The Labute approximate surface area is 95.2 Å². The van der Waals surface area contributed by atoms with E-state index in [0.29, 0.717) is 18.4 Å². The van der Waals surface area contributed by atoms with Crippen LogP contribution in [0.15, 0.2) is 24.3 Å². The van der Waals surface area contributed by atoms with Crippen LogP contribution in [0.2, 0.25) is 0 Å². The largest absolute Gasteiger partial charge is 0.493 e. The van der Waals surface area contributed by atoms with Gasteiger partial charge in [0.1, 0.15) is 5.75 Å². The maximum absolute atomic E-state index is 10.8. The summed E-state index contributed by atoms with van der Waals surface area (Å²) in [7, 11) is 0. The number of hydrogen-bond donors (Lipinski definition) is 1. The summed E-state index contributed by atoms with van der Waals surface area (Å²) < 4.78 is 5.68. The summed E-state index contributed by atoms with van der Waals surface area (Å²) in [5.74, 6) is 2.30. The monoisotopic (exact) mass is 216 g/mol. The molecule has 84 valence electrons. The second kappa shape index (κ2) is 2.80. The first-order chi connectivity index (χ1) is 7.82. The van der Waals surface area contributed by atoms with E-state index in [9.17, 15) is 5.11 Å². The predicted octanol–water partition coefficient (Wildman–Crippen LogP) is 2.32. The third-order valence-corrected chi connectivity index (χ3v) is 4.85. The lowest BCUT2D eigenvalue weighted by molar-refractivity contribution is 0.0670. The highest BCUT2D eigenvalue weighted by molar-refractivity contribution is 5.44. The fourth-order valence-electron chi connectivity index (χ4n) is 4.03. The highest BCUT2D eigenvalue weighted by atomic mass is 16.5. The Morgan fingerprint density at radius 1 is 1.19 bits per heavy atom. The molecule has 0 bridgehead atoms. The van der Waals surface area contributed by atoms with Crippen molar-refractivity contribution in [3.05, 3.63) is 29.8 Å². The molecule has 2 heteroatoms. The standard InChI is InChI=1S/C14H16O2/c15-14(10-5-3-6-11(10)14)12-8-16-13-7-2-1-4-9(12)13/h1-2,4,7,10-12,15H,3,5-6,8H2. The Morgan fingerprint density at radius 2 is 1.94 bits per heavy atom. The Kier molecular flexibility index (Phi) is 1.59. The number of para-hydroxylation sites is 1. The van der Waals surface area contributed by atoms with E-state index in [2.05, 4.69) is 6.07 Å². The van der Waals surface area contributed by atoms with Crippen molar-refractivity contribution in [1.82, 2.24) is 0 Å². The number of aliphatic hydroxyl groups is 1. The van der Waals surface area contributed by atoms with Crippen LogP contribution in [0.5, 0.6) is 5.75 Å². The summed E-state index contributed by atoms with van der Waals surface area (Å²) in [5.41, 5.74) is 0.782. The van der Waals surface area contributed by atoms with Gasteiger partial charge in [-0.25, -0.2) is 0 Å². The molecule has 1 heterocycles. The van der Waals surface area contributed by atoms with E-state index < -0.39 is 5.60 Å². The van der Waals surface area contributed by atoms with Gasteiger partial charge in [0.15, 0.2) is 0 Å². The summed E-state index contributed by atoms with van der Waals surface area (Å²) in [4.78, 5) is 0. The van der Waals surface area contributed by atoms with E-state index in [0.717, 1.165) is 5.75 Å². The molecule has 0 spiro atoms. The van der Waals surface area contributed by atoms with E-state index in [4.69, 9.17) is 4.74 Å². The van der Waals surface area contributed by atoms with Crippen LogP contribution >= 0.6 is 0 Å². The zero-order chi connectivity index (χ0) is 10.8. The third kappa shape index (κ3) is 0.921. The van der Waals surface area contributed by atoms with Gasteiger partial charge in [0.25, 0.3) is 0 Å². The molecule has 2 aliphatic carbocycles. The SMILES string of the molecule is OC1(C2COc3ccccc32)C2CCCC21. The van der Waals surface area contributed by atoms with Gasteiger partial charge in [-0.3, -0.25) is 0 Å². The lowest BCUT2D eigenvalue weighted by Gasteiger charge is -2.20. The second-order valence-electron chi connectivity index (χ2n) is 5.43. The lowest BCUT2D eigenvalue weighted by atomic mass is 9.88. The highest BCUT2D eigenvalue weighted by Gasteiger charge is 2.69. The zero-order valence-electron chi connectivity index (χ0n) is 9.23. The number of hydrogen-bond acceptors (Lipinski definition) is 2. The summed E-state index contributed by atoms with van der Waals surface area (Å²) in [5, 5.41) is 10.8. The average molecular weight is 216 g/mol. The van der Waals surface area contributed by atoms with Crippen LogP contribution in [0, 0.1) is 11.8 Å². The van der Waals surface area contributed by atoms with Gasteiger partial charge in [0.2, 0.25) is 0 Å². The van der Waals surface area contributed by atoms with Crippen molar-refractivity contribution in [2.75, 3.05) is 6.61 Å². The molecule has 1 aromatic rings. The molecule has 0 aromatic heterocycles. The smallest absolute Gasteiger partial charge is 0.123 e. The number of ether oxygens (including phenoxy) is 1. The van der Waals surface area contributed by atoms with Gasteiger partial charge >= 0.3 is 0 Å².